The quantitative estimate of drug-likeness (QED) is 0.795. The number of hydrogen-bond acceptors (Lipinski definition) is 3. The zero-order valence-electron chi connectivity index (χ0n) is 12.7. The van der Waals surface area contributed by atoms with E-state index in [1.54, 1.807) is 0 Å². The van der Waals surface area contributed by atoms with Crippen molar-refractivity contribution in [3.8, 4) is 0 Å². The molecule has 0 aromatic heterocycles. The lowest BCUT2D eigenvalue weighted by Crippen LogP contribution is -2.48. The Balaban J connectivity index is 2.08. The van der Waals surface area contributed by atoms with E-state index in [-0.39, 0.29) is 0 Å². The Morgan fingerprint density at radius 1 is 1.18 bits per heavy atom. The summed E-state index contributed by atoms with van der Waals surface area (Å²) in [5.41, 5.74) is 1.21. The highest BCUT2D eigenvalue weighted by Gasteiger charge is 2.30. The summed E-state index contributed by atoms with van der Waals surface area (Å²) in [6.07, 6.45) is 2.09. The van der Waals surface area contributed by atoms with Crippen LogP contribution >= 0.6 is 0 Å². The number of piperazine rings is 1. The Kier molecular flexibility index (Phi) is 5.31. The summed E-state index contributed by atoms with van der Waals surface area (Å²) >= 11 is 0. The molecule has 0 spiro atoms. The van der Waals surface area contributed by atoms with Gasteiger partial charge in [0.25, 0.3) is 0 Å². The Morgan fingerprint density at radius 3 is 2.36 bits per heavy atom. The molecule has 1 aromatic carbocycles. The van der Waals surface area contributed by atoms with E-state index in [2.05, 4.69) is 11.0 Å². The number of benzene rings is 1. The first-order chi connectivity index (χ1) is 10.3. The molecule has 1 saturated heterocycles. The number of rotatable bonds is 4. The minimum absolute atomic E-state index is 0.301. The number of hydrogen-bond donors (Lipinski definition) is 0. The van der Waals surface area contributed by atoms with Crippen molar-refractivity contribution in [1.29, 1.82) is 0 Å². The third-order valence-corrected chi connectivity index (χ3v) is 5.53. The van der Waals surface area contributed by atoms with E-state index in [1.807, 2.05) is 13.8 Å². The topological polar surface area (TPSA) is 40.6 Å². The molecule has 0 radical (unpaired) electrons. The second kappa shape index (κ2) is 6.85. The van der Waals surface area contributed by atoms with Crippen LogP contribution in [0.25, 0.3) is 0 Å². The second-order valence-electron chi connectivity index (χ2n) is 5.56. The molecule has 1 heterocycles. The van der Waals surface area contributed by atoms with Gasteiger partial charge in [0.15, 0.2) is 0 Å². The van der Waals surface area contributed by atoms with E-state index in [0.29, 0.717) is 32.2 Å². The molecule has 0 saturated carbocycles. The molecular weight excluding hydrogens is 310 g/mol. The predicted octanol–water partition coefficient (Wildman–Crippen LogP) is 2.24. The van der Waals surface area contributed by atoms with E-state index in [4.69, 9.17) is 0 Å². The Labute approximate surface area is 130 Å². The lowest BCUT2D eigenvalue weighted by atomic mass is 10.3. The molecule has 0 N–H and O–H groups in total. The molecule has 7 heteroatoms. The third-order valence-electron chi connectivity index (χ3n) is 3.60. The molecule has 0 bridgehead atoms. The summed E-state index contributed by atoms with van der Waals surface area (Å²) in [6.45, 7) is 6.58. The van der Waals surface area contributed by atoms with E-state index in [1.165, 1.54) is 9.88 Å². The first-order valence-electron chi connectivity index (χ1n) is 7.11. The standard InChI is InChI=1S/C15H20F2N2O2S/c1-12(2)5-6-18-7-9-19(10-8-18)22(20,21)15-4-3-13(16)11-14(15)17/h3-5,11H,6-10H2,1-2H3. The summed E-state index contributed by atoms with van der Waals surface area (Å²) in [5.74, 6) is -1.84. The summed E-state index contributed by atoms with van der Waals surface area (Å²) in [7, 11) is -3.91. The SMILES string of the molecule is CC(C)=CCN1CCN(S(=O)(=O)c2ccc(F)cc2F)CC1. The molecule has 4 nitrogen and oxygen atoms in total. The Hall–Kier alpha value is -1.31. The van der Waals surface area contributed by atoms with Crippen LogP contribution in [0.2, 0.25) is 0 Å². The maximum Gasteiger partial charge on any atom is 0.246 e. The Bertz CT molecular complexity index is 662. The van der Waals surface area contributed by atoms with Crippen molar-refractivity contribution >= 4 is 10.0 Å². The number of allylic oxidation sites excluding steroid dienone is 1. The average Bonchev–Trinajstić information content (AvgIpc) is 2.45. The minimum atomic E-state index is -3.91. The van der Waals surface area contributed by atoms with Crippen LogP contribution in [0.3, 0.4) is 0 Å². The molecule has 0 atom stereocenters. The number of halogens is 2. The van der Waals surface area contributed by atoms with Gasteiger partial charge in [-0.05, 0) is 26.0 Å². The van der Waals surface area contributed by atoms with Crippen molar-refractivity contribution in [2.75, 3.05) is 32.7 Å². The first-order valence-corrected chi connectivity index (χ1v) is 8.55. The molecule has 1 fully saturated rings. The van der Waals surface area contributed by atoms with Crippen molar-refractivity contribution in [2.24, 2.45) is 0 Å². The summed E-state index contributed by atoms with van der Waals surface area (Å²) in [4.78, 5) is 1.67. The van der Waals surface area contributed by atoms with E-state index < -0.39 is 26.6 Å². The normalized spacial score (nSPS) is 17.5. The van der Waals surface area contributed by atoms with E-state index in [9.17, 15) is 17.2 Å². The van der Waals surface area contributed by atoms with Crippen molar-refractivity contribution in [3.05, 3.63) is 41.5 Å². The van der Waals surface area contributed by atoms with Crippen molar-refractivity contribution in [3.63, 3.8) is 0 Å². The fraction of sp³-hybridized carbons (Fsp3) is 0.467. The first kappa shape index (κ1) is 17.1. The van der Waals surface area contributed by atoms with Gasteiger partial charge in [0, 0.05) is 38.8 Å². The van der Waals surface area contributed by atoms with Crippen LogP contribution < -0.4 is 0 Å². The highest BCUT2D eigenvalue weighted by Crippen LogP contribution is 2.21. The monoisotopic (exact) mass is 330 g/mol. The van der Waals surface area contributed by atoms with Gasteiger partial charge in [-0.3, -0.25) is 4.90 Å². The smallest absolute Gasteiger partial charge is 0.246 e. The van der Waals surface area contributed by atoms with Gasteiger partial charge in [-0.2, -0.15) is 4.31 Å². The molecule has 0 amide bonds. The second-order valence-corrected chi connectivity index (χ2v) is 7.47. The molecule has 1 aliphatic heterocycles. The average molecular weight is 330 g/mol. The van der Waals surface area contributed by atoms with Gasteiger partial charge < -0.3 is 0 Å². The molecule has 22 heavy (non-hydrogen) atoms. The summed E-state index contributed by atoms with van der Waals surface area (Å²) in [5, 5.41) is 0. The summed E-state index contributed by atoms with van der Waals surface area (Å²) in [6, 6.07) is 2.54. The zero-order chi connectivity index (χ0) is 16.3. The van der Waals surface area contributed by atoms with Crippen molar-refractivity contribution in [2.45, 2.75) is 18.7 Å². The van der Waals surface area contributed by atoms with Crippen LogP contribution in [-0.2, 0) is 10.0 Å². The highest BCUT2D eigenvalue weighted by molar-refractivity contribution is 7.89. The molecule has 2 rings (SSSR count). The third kappa shape index (κ3) is 3.91. The van der Waals surface area contributed by atoms with Crippen LogP contribution in [0, 0.1) is 11.6 Å². The number of nitrogens with zero attached hydrogens (tertiary/aromatic N) is 2. The van der Waals surface area contributed by atoms with Crippen LogP contribution in [0.4, 0.5) is 8.78 Å². The fourth-order valence-corrected chi connectivity index (χ4v) is 3.76. The van der Waals surface area contributed by atoms with Gasteiger partial charge in [0.2, 0.25) is 10.0 Å². The molecule has 0 aliphatic carbocycles. The molecule has 1 aromatic rings. The fourth-order valence-electron chi connectivity index (χ4n) is 2.29. The highest BCUT2D eigenvalue weighted by atomic mass is 32.2. The minimum Gasteiger partial charge on any atom is -0.297 e. The van der Waals surface area contributed by atoms with Gasteiger partial charge in [0.1, 0.15) is 16.5 Å². The molecule has 0 unspecified atom stereocenters. The van der Waals surface area contributed by atoms with Gasteiger partial charge in [0.05, 0.1) is 0 Å². The maximum atomic E-state index is 13.7. The van der Waals surface area contributed by atoms with Crippen LogP contribution in [0.1, 0.15) is 13.8 Å². The predicted molar refractivity (Wildman–Crippen MR) is 81.0 cm³/mol. The van der Waals surface area contributed by atoms with Crippen LogP contribution in [0.15, 0.2) is 34.7 Å². The lowest BCUT2D eigenvalue weighted by molar-refractivity contribution is 0.204. The van der Waals surface area contributed by atoms with Crippen molar-refractivity contribution in [1.82, 2.24) is 9.21 Å². The number of sulfonamides is 1. The van der Waals surface area contributed by atoms with Gasteiger partial charge in [-0.1, -0.05) is 11.6 Å². The lowest BCUT2D eigenvalue weighted by Gasteiger charge is -2.33. The molecule has 1 aliphatic rings. The van der Waals surface area contributed by atoms with Gasteiger partial charge >= 0.3 is 0 Å². The summed E-state index contributed by atoms with van der Waals surface area (Å²) < 4.78 is 52.7. The van der Waals surface area contributed by atoms with Crippen LogP contribution in [0.5, 0.6) is 0 Å². The molecular formula is C15H20F2N2O2S. The zero-order valence-corrected chi connectivity index (χ0v) is 13.5. The molecule has 122 valence electrons. The van der Waals surface area contributed by atoms with Crippen LogP contribution in [-0.4, -0.2) is 50.3 Å². The van der Waals surface area contributed by atoms with Gasteiger partial charge in [-0.15, -0.1) is 0 Å². The van der Waals surface area contributed by atoms with Gasteiger partial charge in [-0.25, -0.2) is 17.2 Å². The largest absolute Gasteiger partial charge is 0.297 e. The Morgan fingerprint density at radius 2 is 1.82 bits per heavy atom. The maximum absolute atomic E-state index is 13.7. The van der Waals surface area contributed by atoms with E-state index in [0.717, 1.165) is 18.7 Å². The van der Waals surface area contributed by atoms with E-state index >= 15 is 0 Å². The van der Waals surface area contributed by atoms with Crippen molar-refractivity contribution < 1.29 is 17.2 Å².